The van der Waals surface area contributed by atoms with Crippen molar-refractivity contribution in [1.29, 1.82) is 0 Å². The first-order valence-electron chi connectivity index (χ1n) is 5.57. The second-order valence-electron chi connectivity index (χ2n) is 4.17. The van der Waals surface area contributed by atoms with Gasteiger partial charge in [-0.2, -0.15) is 0 Å². The second-order valence-corrected chi connectivity index (χ2v) is 6.72. The Balaban J connectivity index is 1.97. The highest BCUT2D eigenvalue weighted by atomic mass is 79.9. The van der Waals surface area contributed by atoms with E-state index in [1.54, 1.807) is 18.2 Å². The van der Waals surface area contributed by atoms with Crippen molar-refractivity contribution >= 4 is 44.8 Å². The highest BCUT2D eigenvalue weighted by molar-refractivity contribution is 9.11. The van der Waals surface area contributed by atoms with Crippen molar-refractivity contribution in [1.82, 2.24) is 4.90 Å². The number of fused-ring (bicyclic) bond motifs is 1. The lowest BCUT2D eigenvalue weighted by atomic mass is 10.1. The highest BCUT2D eigenvalue weighted by Crippen LogP contribution is 2.30. The largest absolute Gasteiger partial charge is 0.398 e. The first kappa shape index (κ1) is 12.4. The molecule has 1 aromatic heterocycles. The van der Waals surface area contributed by atoms with E-state index in [4.69, 9.17) is 5.73 Å². The molecule has 0 bridgehead atoms. The van der Waals surface area contributed by atoms with Crippen LogP contribution in [-0.2, 0) is 6.54 Å². The maximum Gasteiger partial charge on any atom is 0.263 e. The monoisotopic (exact) mass is 336 g/mol. The van der Waals surface area contributed by atoms with E-state index in [-0.39, 0.29) is 18.4 Å². The smallest absolute Gasteiger partial charge is 0.263 e. The average molecular weight is 337 g/mol. The van der Waals surface area contributed by atoms with Crippen molar-refractivity contribution in [2.24, 2.45) is 0 Å². The summed E-state index contributed by atoms with van der Waals surface area (Å²) in [6.45, 7) is 0.280. The van der Waals surface area contributed by atoms with Gasteiger partial charge in [0.2, 0.25) is 0 Å². The Labute approximate surface area is 122 Å². The van der Waals surface area contributed by atoms with Gasteiger partial charge < -0.3 is 5.73 Å². The molecule has 1 aromatic carbocycles. The molecule has 2 aromatic rings. The number of nitrogen functional groups attached to an aromatic ring is 1. The third-order valence-electron chi connectivity index (χ3n) is 2.97. The Hall–Kier alpha value is -1.66. The molecule has 96 valence electrons. The van der Waals surface area contributed by atoms with E-state index in [2.05, 4.69) is 15.9 Å². The third kappa shape index (κ3) is 1.97. The number of thiophene rings is 1. The minimum Gasteiger partial charge on any atom is -0.398 e. The van der Waals surface area contributed by atoms with Gasteiger partial charge >= 0.3 is 0 Å². The number of carbonyl (C=O) groups is 2. The van der Waals surface area contributed by atoms with E-state index >= 15 is 0 Å². The Bertz CT molecular complexity index is 696. The molecule has 0 spiro atoms. The Morgan fingerprint density at radius 3 is 2.58 bits per heavy atom. The fourth-order valence-corrected chi connectivity index (χ4v) is 3.57. The molecule has 0 fully saturated rings. The Morgan fingerprint density at radius 1 is 1.16 bits per heavy atom. The summed E-state index contributed by atoms with van der Waals surface area (Å²) in [4.78, 5) is 26.6. The Morgan fingerprint density at radius 2 is 1.95 bits per heavy atom. The van der Waals surface area contributed by atoms with Gasteiger partial charge in [0.15, 0.2) is 0 Å². The molecule has 0 saturated heterocycles. The van der Waals surface area contributed by atoms with E-state index in [0.29, 0.717) is 16.8 Å². The summed E-state index contributed by atoms with van der Waals surface area (Å²) in [5, 5.41) is 0. The predicted molar refractivity (Wildman–Crippen MR) is 77.1 cm³/mol. The van der Waals surface area contributed by atoms with E-state index in [1.165, 1.54) is 16.2 Å². The molecule has 2 N–H and O–H groups in total. The lowest BCUT2D eigenvalue weighted by Crippen LogP contribution is -2.28. The van der Waals surface area contributed by atoms with Crippen LogP contribution in [0.15, 0.2) is 34.1 Å². The molecule has 0 unspecified atom stereocenters. The number of nitrogens with two attached hydrogens (primary N) is 1. The number of nitrogens with zero attached hydrogens (tertiary/aromatic N) is 1. The van der Waals surface area contributed by atoms with Crippen LogP contribution in [0.4, 0.5) is 5.69 Å². The van der Waals surface area contributed by atoms with Crippen LogP contribution in [-0.4, -0.2) is 16.7 Å². The van der Waals surface area contributed by atoms with Gasteiger partial charge in [0.1, 0.15) is 0 Å². The summed E-state index contributed by atoms with van der Waals surface area (Å²) in [6.07, 6.45) is 0. The number of anilines is 1. The molecule has 1 aliphatic heterocycles. The van der Waals surface area contributed by atoms with Crippen molar-refractivity contribution in [3.63, 3.8) is 0 Å². The summed E-state index contributed by atoms with van der Waals surface area (Å²) >= 11 is 4.86. The molecule has 3 rings (SSSR count). The number of rotatable bonds is 2. The minimum absolute atomic E-state index is 0.280. The molecule has 2 amide bonds. The molecule has 1 aliphatic rings. The van der Waals surface area contributed by atoms with Gasteiger partial charge in [0.25, 0.3) is 11.8 Å². The van der Waals surface area contributed by atoms with E-state index in [1.807, 2.05) is 12.1 Å². The molecule has 4 nitrogen and oxygen atoms in total. The quantitative estimate of drug-likeness (QED) is 0.677. The number of benzene rings is 1. The van der Waals surface area contributed by atoms with E-state index < -0.39 is 0 Å². The molecule has 0 radical (unpaired) electrons. The number of amides is 2. The van der Waals surface area contributed by atoms with Crippen LogP contribution in [0.3, 0.4) is 0 Å². The number of carbonyl (C=O) groups excluding carboxylic acids is 2. The van der Waals surface area contributed by atoms with Crippen molar-refractivity contribution in [3.8, 4) is 0 Å². The number of halogens is 1. The maximum absolute atomic E-state index is 12.3. The zero-order valence-corrected chi connectivity index (χ0v) is 12.1. The standard InChI is InChI=1S/C13H9BrN2O2S/c14-10-5-4-7(19-10)6-16-12(17)8-2-1-3-9(15)11(8)13(16)18/h1-5H,6,15H2. The van der Waals surface area contributed by atoms with E-state index in [9.17, 15) is 9.59 Å². The lowest BCUT2D eigenvalue weighted by molar-refractivity contribution is 0.0644. The van der Waals surface area contributed by atoms with Gasteiger partial charge in [-0.25, -0.2) is 0 Å². The highest BCUT2D eigenvalue weighted by Gasteiger charge is 2.37. The average Bonchev–Trinajstić information content (AvgIpc) is 2.88. The SMILES string of the molecule is Nc1cccc2c1C(=O)N(Cc1ccc(Br)s1)C2=O. The van der Waals surface area contributed by atoms with Gasteiger partial charge in [0, 0.05) is 10.6 Å². The van der Waals surface area contributed by atoms with Gasteiger partial charge in [0.05, 0.1) is 21.5 Å². The summed E-state index contributed by atoms with van der Waals surface area (Å²) in [6, 6.07) is 8.74. The normalized spacial score (nSPS) is 14.1. The van der Waals surface area contributed by atoms with E-state index in [0.717, 1.165) is 8.66 Å². The van der Waals surface area contributed by atoms with Crippen LogP contribution >= 0.6 is 27.3 Å². The fourth-order valence-electron chi connectivity index (χ4n) is 2.10. The van der Waals surface area contributed by atoms with Crippen molar-refractivity contribution in [2.45, 2.75) is 6.54 Å². The molecule has 0 saturated carbocycles. The van der Waals surface area contributed by atoms with Crippen LogP contribution in [0.2, 0.25) is 0 Å². The second kappa shape index (κ2) is 4.47. The van der Waals surface area contributed by atoms with Crippen LogP contribution < -0.4 is 5.73 Å². The number of hydrogen-bond acceptors (Lipinski definition) is 4. The first-order valence-corrected chi connectivity index (χ1v) is 7.18. The summed E-state index contributed by atoms with van der Waals surface area (Å²) in [7, 11) is 0. The zero-order chi connectivity index (χ0) is 13.6. The molecular formula is C13H9BrN2O2S. The fraction of sp³-hybridized carbons (Fsp3) is 0.0769. The first-order chi connectivity index (χ1) is 9.08. The van der Waals surface area contributed by atoms with Crippen LogP contribution in [0.1, 0.15) is 25.6 Å². The number of imide groups is 1. The summed E-state index contributed by atoms with van der Waals surface area (Å²) in [5.41, 5.74) is 6.84. The van der Waals surface area contributed by atoms with Gasteiger partial charge in [-0.05, 0) is 40.2 Å². The van der Waals surface area contributed by atoms with Gasteiger partial charge in [-0.3, -0.25) is 14.5 Å². The predicted octanol–water partition coefficient (Wildman–Crippen LogP) is 2.89. The maximum atomic E-state index is 12.3. The lowest BCUT2D eigenvalue weighted by Gasteiger charge is -2.12. The molecule has 0 atom stereocenters. The number of hydrogen-bond donors (Lipinski definition) is 1. The zero-order valence-electron chi connectivity index (χ0n) is 9.72. The molecule has 2 heterocycles. The van der Waals surface area contributed by atoms with Crippen LogP contribution in [0.25, 0.3) is 0 Å². The van der Waals surface area contributed by atoms with Crippen molar-refractivity contribution < 1.29 is 9.59 Å². The Kier molecular flexibility index (Phi) is 2.91. The molecule has 19 heavy (non-hydrogen) atoms. The van der Waals surface area contributed by atoms with Crippen LogP contribution in [0.5, 0.6) is 0 Å². The van der Waals surface area contributed by atoms with Crippen LogP contribution in [0, 0.1) is 0 Å². The third-order valence-corrected chi connectivity index (χ3v) is 4.58. The molecule has 6 heteroatoms. The minimum atomic E-state index is -0.317. The molecular weight excluding hydrogens is 328 g/mol. The van der Waals surface area contributed by atoms with Crippen molar-refractivity contribution in [3.05, 3.63) is 50.1 Å². The summed E-state index contributed by atoms with van der Waals surface area (Å²) in [5.74, 6) is -0.598. The molecule has 0 aliphatic carbocycles. The van der Waals surface area contributed by atoms with Gasteiger partial charge in [-0.1, -0.05) is 6.07 Å². The van der Waals surface area contributed by atoms with Crippen molar-refractivity contribution in [2.75, 3.05) is 5.73 Å². The van der Waals surface area contributed by atoms with Gasteiger partial charge in [-0.15, -0.1) is 11.3 Å². The summed E-state index contributed by atoms with van der Waals surface area (Å²) < 4.78 is 0.971. The topological polar surface area (TPSA) is 63.4 Å².